The van der Waals surface area contributed by atoms with Crippen molar-refractivity contribution >= 4 is 17.8 Å². The Bertz CT molecular complexity index is 831. The summed E-state index contributed by atoms with van der Waals surface area (Å²) < 4.78 is 12.0. The Morgan fingerprint density at radius 3 is 2.58 bits per heavy atom. The van der Waals surface area contributed by atoms with Gasteiger partial charge in [0.15, 0.2) is 0 Å². The first kappa shape index (κ1) is 28.4. The van der Waals surface area contributed by atoms with Gasteiger partial charge in [0, 0.05) is 26.2 Å². The van der Waals surface area contributed by atoms with Gasteiger partial charge in [-0.15, -0.1) is 6.58 Å². The average molecular weight is 505 g/mol. The van der Waals surface area contributed by atoms with Gasteiger partial charge < -0.3 is 24.4 Å². The molecule has 5 atom stereocenters. The van der Waals surface area contributed by atoms with Gasteiger partial charge in [-0.25, -0.2) is 0 Å². The molecule has 0 aromatic rings. The Morgan fingerprint density at radius 1 is 1.17 bits per heavy atom. The largest absolute Gasteiger partial charge is 0.461 e. The van der Waals surface area contributed by atoms with Gasteiger partial charge in [0.2, 0.25) is 11.8 Å². The molecule has 0 aromatic carbocycles. The van der Waals surface area contributed by atoms with Crippen LogP contribution in [0.15, 0.2) is 25.3 Å². The van der Waals surface area contributed by atoms with Crippen LogP contribution in [-0.4, -0.2) is 82.8 Å². The molecule has 3 heterocycles. The van der Waals surface area contributed by atoms with Crippen molar-refractivity contribution in [3.05, 3.63) is 25.3 Å². The van der Waals surface area contributed by atoms with Gasteiger partial charge in [0.05, 0.1) is 11.5 Å². The lowest BCUT2D eigenvalue weighted by Crippen LogP contribution is -2.56. The van der Waals surface area contributed by atoms with E-state index in [0.29, 0.717) is 38.9 Å². The van der Waals surface area contributed by atoms with Crippen LogP contribution in [0.4, 0.5) is 0 Å². The number of carbonyl (C=O) groups is 3. The van der Waals surface area contributed by atoms with E-state index in [1.165, 1.54) is 6.08 Å². The second-order valence-electron chi connectivity index (χ2n) is 10.6. The molecule has 3 rings (SSSR count). The summed E-state index contributed by atoms with van der Waals surface area (Å²) in [6, 6.07) is -0.770. The van der Waals surface area contributed by atoms with E-state index >= 15 is 0 Å². The summed E-state index contributed by atoms with van der Waals surface area (Å²) >= 11 is 0. The van der Waals surface area contributed by atoms with E-state index in [-0.39, 0.29) is 25.0 Å². The zero-order valence-corrected chi connectivity index (χ0v) is 22.1. The molecule has 0 radical (unpaired) electrons. The number of carbonyl (C=O) groups excluding carboxylic acids is 3. The first-order valence-electron chi connectivity index (χ1n) is 13.6. The number of hydrogen-bond acceptors (Lipinski definition) is 6. The highest BCUT2D eigenvalue weighted by molar-refractivity contribution is 5.98. The number of ether oxygens (including phenoxy) is 2. The van der Waals surface area contributed by atoms with Gasteiger partial charge in [-0.2, -0.15) is 0 Å². The molecule has 2 unspecified atom stereocenters. The molecule has 3 aliphatic heterocycles. The molecular formula is C28H44N2O6. The van der Waals surface area contributed by atoms with Crippen LogP contribution in [0.5, 0.6) is 0 Å². The SMILES string of the molecule is C=CCOC(=O)[C@@H]1[C@H]2C(=O)N(CCCCCCO)C(C(=O)N(CC=C)CCCCC)C23CC[C@@]1(C)O3. The molecular weight excluding hydrogens is 460 g/mol. The molecule has 3 aliphatic rings. The van der Waals surface area contributed by atoms with E-state index in [0.717, 1.165) is 38.5 Å². The number of esters is 1. The van der Waals surface area contributed by atoms with Crippen molar-refractivity contribution in [1.29, 1.82) is 0 Å². The van der Waals surface area contributed by atoms with Gasteiger partial charge in [-0.3, -0.25) is 14.4 Å². The van der Waals surface area contributed by atoms with E-state index in [1.54, 1.807) is 15.9 Å². The normalized spacial score (nSPS) is 30.4. The van der Waals surface area contributed by atoms with Crippen molar-refractivity contribution in [3.8, 4) is 0 Å². The molecule has 0 aromatic heterocycles. The summed E-state index contributed by atoms with van der Waals surface area (Å²) in [6.45, 7) is 13.1. The van der Waals surface area contributed by atoms with Crippen molar-refractivity contribution in [3.63, 3.8) is 0 Å². The Labute approximate surface area is 215 Å². The van der Waals surface area contributed by atoms with Crippen molar-refractivity contribution in [2.75, 3.05) is 32.8 Å². The lowest BCUT2D eigenvalue weighted by molar-refractivity contribution is -0.159. The molecule has 2 amide bonds. The highest BCUT2D eigenvalue weighted by Gasteiger charge is 2.78. The summed E-state index contributed by atoms with van der Waals surface area (Å²) in [7, 11) is 0. The monoisotopic (exact) mass is 504 g/mol. The average Bonchev–Trinajstić information content (AvgIpc) is 3.42. The smallest absolute Gasteiger partial charge is 0.313 e. The summed E-state index contributed by atoms with van der Waals surface area (Å²) in [5.74, 6) is -2.25. The van der Waals surface area contributed by atoms with Crippen LogP contribution >= 0.6 is 0 Å². The molecule has 0 saturated carbocycles. The van der Waals surface area contributed by atoms with Gasteiger partial charge in [-0.1, -0.05) is 51.3 Å². The van der Waals surface area contributed by atoms with E-state index in [4.69, 9.17) is 14.6 Å². The van der Waals surface area contributed by atoms with E-state index < -0.39 is 35.0 Å². The number of hydrogen-bond donors (Lipinski definition) is 1. The van der Waals surface area contributed by atoms with Crippen LogP contribution in [0.2, 0.25) is 0 Å². The lowest BCUT2D eigenvalue weighted by atomic mass is 9.66. The van der Waals surface area contributed by atoms with Gasteiger partial charge in [0.25, 0.3) is 0 Å². The van der Waals surface area contributed by atoms with Gasteiger partial charge in [0.1, 0.15) is 24.2 Å². The summed E-state index contributed by atoms with van der Waals surface area (Å²) in [5, 5.41) is 9.09. The topological polar surface area (TPSA) is 96.4 Å². The number of unbranched alkanes of at least 4 members (excludes halogenated alkanes) is 5. The first-order chi connectivity index (χ1) is 17.3. The zero-order chi connectivity index (χ0) is 26.3. The minimum atomic E-state index is -1.03. The number of rotatable bonds is 16. The Hall–Kier alpha value is -2.19. The molecule has 2 bridgehead atoms. The zero-order valence-electron chi connectivity index (χ0n) is 22.1. The maximum Gasteiger partial charge on any atom is 0.313 e. The second kappa shape index (κ2) is 12.4. The summed E-state index contributed by atoms with van der Waals surface area (Å²) in [5.41, 5.74) is -1.87. The van der Waals surface area contributed by atoms with Crippen LogP contribution < -0.4 is 0 Å². The predicted octanol–water partition coefficient (Wildman–Crippen LogP) is 3.24. The molecule has 3 saturated heterocycles. The van der Waals surface area contributed by atoms with Crippen LogP contribution in [0, 0.1) is 11.8 Å². The first-order valence-corrected chi connectivity index (χ1v) is 13.6. The van der Waals surface area contributed by atoms with Crippen molar-refractivity contribution < 1.29 is 29.0 Å². The van der Waals surface area contributed by atoms with Crippen LogP contribution in [0.3, 0.4) is 0 Å². The highest BCUT2D eigenvalue weighted by atomic mass is 16.6. The molecule has 8 heteroatoms. The third-order valence-electron chi connectivity index (χ3n) is 8.11. The van der Waals surface area contributed by atoms with Crippen molar-refractivity contribution in [2.24, 2.45) is 11.8 Å². The maximum atomic E-state index is 14.1. The molecule has 36 heavy (non-hydrogen) atoms. The van der Waals surface area contributed by atoms with Crippen molar-refractivity contribution in [2.45, 2.75) is 88.9 Å². The number of aliphatic hydroxyl groups excluding tert-OH is 1. The highest BCUT2D eigenvalue weighted by Crippen LogP contribution is 2.63. The summed E-state index contributed by atoms with van der Waals surface area (Å²) in [6.07, 6.45) is 10.4. The summed E-state index contributed by atoms with van der Waals surface area (Å²) in [4.78, 5) is 44.7. The van der Waals surface area contributed by atoms with Crippen molar-refractivity contribution in [1.82, 2.24) is 9.80 Å². The third-order valence-corrected chi connectivity index (χ3v) is 8.11. The van der Waals surface area contributed by atoms with E-state index in [1.807, 2.05) is 6.92 Å². The Balaban J connectivity index is 1.94. The molecule has 3 fully saturated rings. The van der Waals surface area contributed by atoms with Gasteiger partial charge >= 0.3 is 5.97 Å². The fourth-order valence-electron chi connectivity index (χ4n) is 6.45. The van der Waals surface area contributed by atoms with Crippen LogP contribution in [0.25, 0.3) is 0 Å². The quantitative estimate of drug-likeness (QED) is 0.197. The number of nitrogens with zero attached hydrogens (tertiary/aromatic N) is 2. The van der Waals surface area contributed by atoms with E-state index in [9.17, 15) is 14.4 Å². The Kier molecular flexibility index (Phi) is 9.75. The third kappa shape index (κ3) is 5.25. The predicted molar refractivity (Wildman–Crippen MR) is 137 cm³/mol. The molecule has 0 aliphatic carbocycles. The maximum absolute atomic E-state index is 14.1. The fourth-order valence-corrected chi connectivity index (χ4v) is 6.45. The van der Waals surface area contributed by atoms with E-state index in [2.05, 4.69) is 20.1 Å². The molecule has 202 valence electrons. The number of likely N-dealkylation sites (tertiary alicyclic amines) is 1. The minimum Gasteiger partial charge on any atom is -0.461 e. The van der Waals surface area contributed by atoms with Crippen LogP contribution in [-0.2, 0) is 23.9 Å². The molecule has 8 nitrogen and oxygen atoms in total. The number of amides is 2. The fraction of sp³-hybridized carbons (Fsp3) is 0.750. The van der Waals surface area contributed by atoms with Crippen LogP contribution in [0.1, 0.15) is 71.6 Å². The Morgan fingerprint density at radius 2 is 1.92 bits per heavy atom. The second-order valence-corrected chi connectivity index (χ2v) is 10.6. The lowest BCUT2D eigenvalue weighted by Gasteiger charge is -2.37. The number of fused-ring (bicyclic) bond motifs is 1. The number of aliphatic hydroxyl groups is 1. The minimum absolute atomic E-state index is 0.0702. The standard InChI is InChI=1S/C28H44N2O6/c1-5-8-11-17-29(16-6-2)25(33)23-28-15-14-27(4,36-28)22(26(34)35-20-7-3)21(28)24(32)30(23)18-12-9-10-13-19-31/h6-7,21-23,31H,2-3,5,8-20H2,1,4H3/t21-,22-,23?,27+,28?/m0/s1. The van der Waals surface area contributed by atoms with Gasteiger partial charge in [-0.05, 0) is 39.0 Å². The molecule has 1 N–H and O–H groups in total. The molecule has 1 spiro atoms.